The lowest BCUT2D eigenvalue weighted by atomic mass is 9.69. The van der Waals surface area contributed by atoms with Crippen LogP contribution in [0, 0.1) is 5.41 Å². The second-order valence-corrected chi connectivity index (χ2v) is 5.82. The maximum absolute atomic E-state index is 13.7. The number of hydrogen-bond acceptors (Lipinski definition) is 1. The first-order valence-electron chi connectivity index (χ1n) is 7.51. The molecule has 1 nitrogen and oxygen atoms in total. The lowest BCUT2D eigenvalue weighted by molar-refractivity contribution is -0.222. The standard InChI is InChI=1S/C18H21F3O/c1-3-7-16(22)17(18(19,20)21)11-10-15(12-13(17)2)14-8-5-4-6-9-14/h4-6,8-12,15-16,22H,3,7H2,1-2H3. The smallest absolute Gasteiger partial charge is 0.392 e. The van der Waals surface area contributed by atoms with Gasteiger partial charge in [-0.15, -0.1) is 0 Å². The number of alkyl halides is 3. The van der Waals surface area contributed by atoms with Gasteiger partial charge in [0.15, 0.2) is 0 Å². The summed E-state index contributed by atoms with van der Waals surface area (Å²) >= 11 is 0. The van der Waals surface area contributed by atoms with E-state index in [1.807, 2.05) is 30.3 Å². The topological polar surface area (TPSA) is 20.2 Å². The van der Waals surface area contributed by atoms with Crippen molar-refractivity contribution in [2.45, 2.75) is 44.9 Å². The number of hydrogen-bond donors (Lipinski definition) is 1. The second-order valence-electron chi connectivity index (χ2n) is 5.82. The Kier molecular flexibility index (Phi) is 4.81. The fourth-order valence-corrected chi connectivity index (χ4v) is 3.11. The molecule has 0 spiro atoms. The maximum Gasteiger partial charge on any atom is 0.403 e. The van der Waals surface area contributed by atoms with Gasteiger partial charge in [0.25, 0.3) is 0 Å². The monoisotopic (exact) mass is 310 g/mol. The molecule has 0 bridgehead atoms. The van der Waals surface area contributed by atoms with Crippen molar-refractivity contribution in [2.24, 2.45) is 5.41 Å². The Labute approximate surface area is 129 Å². The molecule has 0 heterocycles. The van der Waals surface area contributed by atoms with Crippen LogP contribution in [0.1, 0.15) is 38.2 Å². The Morgan fingerprint density at radius 1 is 1.23 bits per heavy atom. The van der Waals surface area contributed by atoms with Crippen LogP contribution >= 0.6 is 0 Å². The first-order valence-corrected chi connectivity index (χ1v) is 7.51. The third-order valence-electron chi connectivity index (χ3n) is 4.39. The number of halogens is 3. The van der Waals surface area contributed by atoms with E-state index in [0.29, 0.717) is 6.42 Å². The number of allylic oxidation sites excluding steroid dienone is 2. The SMILES string of the molecule is CCCC(O)C1(C(F)(F)F)C=CC(c2ccccc2)C=C1C. The average Bonchev–Trinajstić information content (AvgIpc) is 2.47. The quantitative estimate of drug-likeness (QED) is 0.776. The summed E-state index contributed by atoms with van der Waals surface area (Å²) in [5, 5.41) is 10.2. The van der Waals surface area contributed by atoms with Crippen molar-refractivity contribution in [1.29, 1.82) is 0 Å². The molecule has 3 atom stereocenters. The van der Waals surface area contributed by atoms with Crippen LogP contribution in [0.4, 0.5) is 13.2 Å². The predicted octanol–water partition coefficient (Wildman–Crippen LogP) is 5.00. The fourth-order valence-electron chi connectivity index (χ4n) is 3.11. The minimum atomic E-state index is -4.51. The summed E-state index contributed by atoms with van der Waals surface area (Å²) in [5.74, 6) is -0.189. The van der Waals surface area contributed by atoms with Crippen LogP contribution < -0.4 is 0 Å². The highest BCUT2D eigenvalue weighted by Gasteiger charge is 2.59. The van der Waals surface area contributed by atoms with E-state index in [1.165, 1.54) is 6.92 Å². The van der Waals surface area contributed by atoms with Gasteiger partial charge >= 0.3 is 6.18 Å². The first kappa shape index (κ1) is 16.8. The van der Waals surface area contributed by atoms with Gasteiger partial charge in [0.1, 0.15) is 5.41 Å². The molecule has 22 heavy (non-hydrogen) atoms. The van der Waals surface area contributed by atoms with E-state index in [-0.39, 0.29) is 17.9 Å². The zero-order valence-electron chi connectivity index (χ0n) is 12.8. The number of aliphatic hydroxyl groups excluding tert-OH is 1. The van der Waals surface area contributed by atoms with Gasteiger partial charge in [0.2, 0.25) is 0 Å². The summed E-state index contributed by atoms with van der Waals surface area (Å²) in [6.07, 6.45) is -1.04. The lowest BCUT2D eigenvalue weighted by Gasteiger charge is -2.41. The number of benzene rings is 1. The Morgan fingerprint density at radius 3 is 2.36 bits per heavy atom. The van der Waals surface area contributed by atoms with Crippen LogP contribution in [0.15, 0.2) is 54.1 Å². The molecule has 3 unspecified atom stereocenters. The Bertz CT molecular complexity index is 559. The molecule has 1 aliphatic rings. The summed E-state index contributed by atoms with van der Waals surface area (Å²) in [5.41, 5.74) is -1.16. The molecule has 4 heteroatoms. The number of aliphatic hydroxyl groups is 1. The maximum atomic E-state index is 13.7. The summed E-state index contributed by atoms with van der Waals surface area (Å²) < 4.78 is 41.1. The van der Waals surface area contributed by atoms with Crippen molar-refractivity contribution in [3.05, 3.63) is 59.7 Å². The molecule has 0 aliphatic heterocycles. The second kappa shape index (κ2) is 6.29. The minimum absolute atomic E-state index is 0.116. The van der Waals surface area contributed by atoms with E-state index in [9.17, 15) is 18.3 Å². The molecule has 1 aromatic rings. The molecule has 0 saturated heterocycles. The Balaban J connectivity index is 2.42. The molecule has 1 aliphatic carbocycles. The molecule has 1 aromatic carbocycles. The van der Waals surface area contributed by atoms with E-state index < -0.39 is 17.7 Å². The van der Waals surface area contributed by atoms with Gasteiger partial charge in [-0.3, -0.25) is 0 Å². The van der Waals surface area contributed by atoms with Crippen molar-refractivity contribution in [3.8, 4) is 0 Å². The first-order chi connectivity index (χ1) is 10.3. The Morgan fingerprint density at radius 2 is 1.86 bits per heavy atom. The largest absolute Gasteiger partial charge is 0.403 e. The molecular formula is C18H21F3O. The van der Waals surface area contributed by atoms with Crippen LogP contribution in [-0.2, 0) is 0 Å². The molecule has 120 valence electrons. The van der Waals surface area contributed by atoms with Gasteiger partial charge in [-0.2, -0.15) is 13.2 Å². The lowest BCUT2D eigenvalue weighted by Crippen LogP contribution is -2.48. The fraction of sp³-hybridized carbons (Fsp3) is 0.444. The third kappa shape index (κ3) is 2.84. The van der Waals surface area contributed by atoms with E-state index >= 15 is 0 Å². The van der Waals surface area contributed by atoms with E-state index in [0.717, 1.165) is 11.6 Å². The zero-order valence-corrected chi connectivity index (χ0v) is 12.8. The summed E-state index contributed by atoms with van der Waals surface area (Å²) in [6.45, 7) is 3.23. The van der Waals surface area contributed by atoms with Gasteiger partial charge in [0, 0.05) is 5.92 Å². The molecule has 0 amide bonds. The van der Waals surface area contributed by atoms with E-state index in [4.69, 9.17) is 0 Å². The molecule has 0 radical (unpaired) electrons. The van der Waals surface area contributed by atoms with Crippen LogP contribution in [-0.4, -0.2) is 17.4 Å². The zero-order chi connectivity index (χ0) is 16.4. The van der Waals surface area contributed by atoms with Crippen molar-refractivity contribution < 1.29 is 18.3 Å². The highest BCUT2D eigenvalue weighted by Crippen LogP contribution is 2.52. The highest BCUT2D eigenvalue weighted by molar-refractivity contribution is 5.40. The summed E-state index contributed by atoms with van der Waals surface area (Å²) in [7, 11) is 0. The normalized spacial score (nSPS) is 26.6. The van der Waals surface area contributed by atoms with E-state index in [1.54, 1.807) is 19.1 Å². The van der Waals surface area contributed by atoms with Crippen LogP contribution in [0.25, 0.3) is 0 Å². The van der Waals surface area contributed by atoms with Crippen LogP contribution in [0.3, 0.4) is 0 Å². The molecule has 2 rings (SSSR count). The van der Waals surface area contributed by atoms with Crippen molar-refractivity contribution in [3.63, 3.8) is 0 Å². The highest BCUT2D eigenvalue weighted by atomic mass is 19.4. The van der Waals surface area contributed by atoms with Gasteiger partial charge in [-0.1, -0.05) is 67.5 Å². The number of rotatable bonds is 4. The third-order valence-corrected chi connectivity index (χ3v) is 4.39. The predicted molar refractivity (Wildman–Crippen MR) is 81.5 cm³/mol. The van der Waals surface area contributed by atoms with Gasteiger partial charge < -0.3 is 5.11 Å². The average molecular weight is 310 g/mol. The van der Waals surface area contributed by atoms with Crippen LogP contribution in [0.2, 0.25) is 0 Å². The van der Waals surface area contributed by atoms with Crippen molar-refractivity contribution in [2.75, 3.05) is 0 Å². The van der Waals surface area contributed by atoms with Gasteiger partial charge in [-0.05, 0) is 18.9 Å². The van der Waals surface area contributed by atoms with Crippen molar-refractivity contribution >= 4 is 0 Å². The van der Waals surface area contributed by atoms with E-state index in [2.05, 4.69) is 0 Å². The molecular weight excluding hydrogens is 289 g/mol. The molecule has 1 N–H and O–H groups in total. The Hall–Kier alpha value is -1.55. The minimum Gasteiger partial charge on any atom is -0.392 e. The molecule has 0 fully saturated rings. The van der Waals surface area contributed by atoms with Crippen molar-refractivity contribution in [1.82, 2.24) is 0 Å². The van der Waals surface area contributed by atoms with Crippen LogP contribution in [0.5, 0.6) is 0 Å². The summed E-state index contributed by atoms with van der Waals surface area (Å²) in [4.78, 5) is 0. The summed E-state index contributed by atoms with van der Waals surface area (Å²) in [6, 6.07) is 9.38. The van der Waals surface area contributed by atoms with Gasteiger partial charge in [0.05, 0.1) is 6.10 Å². The molecule has 0 saturated carbocycles. The van der Waals surface area contributed by atoms with Gasteiger partial charge in [-0.25, -0.2) is 0 Å². The molecule has 0 aromatic heterocycles.